The maximum absolute atomic E-state index is 12.9. The van der Waals surface area contributed by atoms with E-state index in [4.69, 9.17) is 28.9 Å². The van der Waals surface area contributed by atoms with Crippen LogP contribution in [0.15, 0.2) is 42.5 Å². The molecule has 33 heavy (non-hydrogen) atoms. The third-order valence-electron chi connectivity index (χ3n) is 7.07. The van der Waals surface area contributed by atoms with Gasteiger partial charge in [0, 0.05) is 5.56 Å². The highest BCUT2D eigenvalue weighted by molar-refractivity contribution is 6.42. The van der Waals surface area contributed by atoms with Crippen LogP contribution in [0.4, 0.5) is 0 Å². The molecule has 4 nitrogen and oxygen atoms in total. The number of amides is 1. The van der Waals surface area contributed by atoms with Gasteiger partial charge in [0.2, 0.25) is 0 Å². The minimum Gasteiger partial charge on any atom is -0.343 e. The van der Waals surface area contributed by atoms with Gasteiger partial charge in [0.25, 0.3) is 5.91 Å². The Balaban J connectivity index is 1.55. The SMILES string of the molecule is CC(C)[C@@H](C[N+]1(C)CCC(Cc2ccc(Cl)c(Cl)c2)CC1)NC(=O)c1ccc(CCN)cc1. The van der Waals surface area contributed by atoms with Gasteiger partial charge in [-0.15, -0.1) is 0 Å². The van der Waals surface area contributed by atoms with Gasteiger partial charge in [-0.1, -0.05) is 55.2 Å². The number of likely N-dealkylation sites (tertiary alicyclic amines) is 1. The number of carbonyl (C=O) groups is 1. The molecule has 1 atom stereocenters. The third kappa shape index (κ3) is 7.45. The van der Waals surface area contributed by atoms with Gasteiger partial charge in [-0.3, -0.25) is 4.79 Å². The molecule has 1 fully saturated rings. The summed E-state index contributed by atoms with van der Waals surface area (Å²) in [4.78, 5) is 12.9. The Morgan fingerprint density at radius 3 is 2.27 bits per heavy atom. The van der Waals surface area contributed by atoms with Crippen molar-refractivity contribution in [3.8, 4) is 0 Å². The van der Waals surface area contributed by atoms with Gasteiger partial charge in [-0.2, -0.15) is 0 Å². The fourth-order valence-corrected chi connectivity index (χ4v) is 5.09. The first-order chi connectivity index (χ1) is 15.7. The standard InChI is InChI=1S/C27H37Cl2N3O/c1-19(2)26(31-27(33)23-7-4-20(5-8-23)10-13-30)18-32(3)14-11-21(12-15-32)16-22-6-9-24(28)25(29)17-22/h4-9,17,19,21,26H,10-16,18,30H2,1-3H3/p+1/t21?,26-,32?/m1/s1. The van der Waals surface area contributed by atoms with Crippen molar-refractivity contribution in [2.75, 3.05) is 33.2 Å². The topological polar surface area (TPSA) is 55.1 Å². The molecule has 1 heterocycles. The van der Waals surface area contributed by atoms with Crippen molar-refractivity contribution in [2.45, 2.75) is 45.6 Å². The highest BCUT2D eigenvalue weighted by Gasteiger charge is 2.34. The van der Waals surface area contributed by atoms with Crippen LogP contribution >= 0.6 is 23.2 Å². The van der Waals surface area contributed by atoms with Crippen LogP contribution in [-0.4, -0.2) is 49.7 Å². The van der Waals surface area contributed by atoms with Gasteiger partial charge in [-0.25, -0.2) is 0 Å². The molecule has 0 spiro atoms. The van der Waals surface area contributed by atoms with Gasteiger partial charge in [0.05, 0.1) is 42.8 Å². The second-order valence-electron chi connectivity index (χ2n) is 10.2. The second kappa shape index (κ2) is 11.7. The van der Waals surface area contributed by atoms with E-state index in [0.29, 0.717) is 34.0 Å². The molecule has 2 aromatic carbocycles. The minimum absolute atomic E-state index is 0.00843. The highest BCUT2D eigenvalue weighted by atomic mass is 35.5. The number of carbonyl (C=O) groups excluding carboxylic acids is 1. The lowest BCUT2D eigenvalue weighted by Gasteiger charge is -2.43. The summed E-state index contributed by atoms with van der Waals surface area (Å²) in [5, 5.41) is 4.56. The fraction of sp³-hybridized carbons (Fsp3) is 0.519. The summed E-state index contributed by atoms with van der Waals surface area (Å²) in [7, 11) is 2.33. The number of likely N-dealkylation sites (N-methyl/N-ethyl adjacent to an activating group) is 1. The Kier molecular flexibility index (Phi) is 9.23. The maximum Gasteiger partial charge on any atom is 0.251 e. The van der Waals surface area contributed by atoms with E-state index in [-0.39, 0.29) is 11.9 Å². The smallest absolute Gasteiger partial charge is 0.251 e. The molecule has 3 rings (SSSR count). The first-order valence-electron chi connectivity index (χ1n) is 12.1. The summed E-state index contributed by atoms with van der Waals surface area (Å²) in [6.07, 6.45) is 4.23. The zero-order chi connectivity index (χ0) is 24.0. The lowest BCUT2D eigenvalue weighted by atomic mass is 9.88. The molecule has 6 heteroatoms. The Bertz CT molecular complexity index is 921. The monoisotopic (exact) mass is 490 g/mol. The molecule has 0 aliphatic carbocycles. The van der Waals surface area contributed by atoms with Crippen molar-refractivity contribution in [2.24, 2.45) is 17.6 Å². The third-order valence-corrected chi connectivity index (χ3v) is 7.81. The number of benzene rings is 2. The zero-order valence-corrected chi connectivity index (χ0v) is 21.6. The molecule has 1 amide bonds. The molecular weight excluding hydrogens is 453 g/mol. The van der Waals surface area contributed by atoms with Crippen molar-refractivity contribution in [1.82, 2.24) is 5.32 Å². The number of halogens is 2. The Hall–Kier alpha value is -1.59. The average Bonchev–Trinajstić information content (AvgIpc) is 2.78. The van der Waals surface area contributed by atoms with E-state index < -0.39 is 0 Å². The number of quaternary nitrogens is 1. The van der Waals surface area contributed by atoms with Crippen LogP contribution in [0.2, 0.25) is 10.0 Å². The van der Waals surface area contributed by atoms with Gasteiger partial charge in [-0.05, 0) is 79.5 Å². The normalized spacial score (nSPS) is 21.7. The molecule has 0 aromatic heterocycles. The summed E-state index contributed by atoms with van der Waals surface area (Å²) in [6.45, 7) is 8.20. The quantitative estimate of drug-likeness (QED) is 0.465. The molecule has 1 saturated heterocycles. The Labute approximate surface area is 209 Å². The lowest BCUT2D eigenvalue weighted by molar-refractivity contribution is -0.916. The summed E-state index contributed by atoms with van der Waals surface area (Å²) >= 11 is 12.3. The van der Waals surface area contributed by atoms with Crippen LogP contribution in [0.3, 0.4) is 0 Å². The summed E-state index contributed by atoms with van der Waals surface area (Å²) in [5.41, 5.74) is 8.76. The van der Waals surface area contributed by atoms with E-state index in [2.05, 4.69) is 32.3 Å². The molecule has 1 aliphatic rings. The molecule has 180 valence electrons. The van der Waals surface area contributed by atoms with E-state index in [1.807, 2.05) is 36.4 Å². The number of nitrogens with two attached hydrogens (primary N) is 1. The summed E-state index contributed by atoms with van der Waals surface area (Å²) < 4.78 is 0.996. The predicted molar refractivity (Wildman–Crippen MR) is 139 cm³/mol. The number of hydrogen-bond acceptors (Lipinski definition) is 2. The number of piperidine rings is 1. The van der Waals surface area contributed by atoms with Crippen molar-refractivity contribution in [3.63, 3.8) is 0 Å². The van der Waals surface area contributed by atoms with E-state index in [9.17, 15) is 4.79 Å². The van der Waals surface area contributed by atoms with Gasteiger partial charge >= 0.3 is 0 Å². The van der Waals surface area contributed by atoms with E-state index >= 15 is 0 Å². The molecule has 3 N–H and O–H groups in total. The van der Waals surface area contributed by atoms with E-state index in [1.165, 1.54) is 18.4 Å². The summed E-state index contributed by atoms with van der Waals surface area (Å²) in [5.74, 6) is 1.04. The first-order valence-corrected chi connectivity index (χ1v) is 12.8. The van der Waals surface area contributed by atoms with Gasteiger partial charge < -0.3 is 15.5 Å². The van der Waals surface area contributed by atoms with Crippen LogP contribution in [-0.2, 0) is 12.8 Å². The van der Waals surface area contributed by atoms with Crippen LogP contribution in [0.25, 0.3) is 0 Å². The molecule has 0 bridgehead atoms. The van der Waals surface area contributed by atoms with Crippen molar-refractivity contribution in [3.05, 3.63) is 69.2 Å². The Morgan fingerprint density at radius 2 is 1.70 bits per heavy atom. The first kappa shape index (κ1) is 26.0. The molecule has 0 unspecified atom stereocenters. The highest BCUT2D eigenvalue weighted by Crippen LogP contribution is 2.29. The molecule has 1 aliphatic heterocycles. The largest absolute Gasteiger partial charge is 0.343 e. The van der Waals surface area contributed by atoms with Crippen molar-refractivity contribution < 1.29 is 9.28 Å². The number of nitrogens with one attached hydrogen (secondary N) is 1. The fourth-order valence-electron chi connectivity index (χ4n) is 4.77. The molecule has 0 radical (unpaired) electrons. The predicted octanol–water partition coefficient (Wildman–Crippen LogP) is 5.35. The van der Waals surface area contributed by atoms with Gasteiger partial charge in [0.1, 0.15) is 0 Å². The van der Waals surface area contributed by atoms with Crippen LogP contribution in [0.1, 0.15) is 48.2 Å². The van der Waals surface area contributed by atoms with E-state index in [1.54, 1.807) is 0 Å². The Morgan fingerprint density at radius 1 is 1.06 bits per heavy atom. The van der Waals surface area contributed by atoms with Crippen LogP contribution in [0, 0.1) is 11.8 Å². The average molecular weight is 492 g/mol. The maximum atomic E-state index is 12.9. The number of hydrogen-bond donors (Lipinski definition) is 2. The van der Waals surface area contributed by atoms with Gasteiger partial charge in [0.15, 0.2) is 0 Å². The molecule has 2 aromatic rings. The zero-order valence-electron chi connectivity index (χ0n) is 20.1. The second-order valence-corrected chi connectivity index (χ2v) is 11.0. The van der Waals surface area contributed by atoms with Crippen molar-refractivity contribution in [1.29, 1.82) is 0 Å². The lowest BCUT2D eigenvalue weighted by Crippen LogP contribution is -2.58. The van der Waals surface area contributed by atoms with Crippen molar-refractivity contribution >= 4 is 29.1 Å². The number of nitrogens with zero attached hydrogens (tertiary/aromatic N) is 1. The summed E-state index contributed by atoms with van der Waals surface area (Å²) in [6, 6.07) is 13.9. The van der Waals surface area contributed by atoms with Crippen LogP contribution < -0.4 is 11.1 Å². The number of rotatable bonds is 9. The minimum atomic E-state index is 0.00843. The molecular formula is C27H38Cl2N3O+. The van der Waals surface area contributed by atoms with Crippen LogP contribution in [0.5, 0.6) is 0 Å². The van der Waals surface area contributed by atoms with E-state index in [0.717, 1.165) is 42.5 Å². The molecule has 0 saturated carbocycles.